The summed E-state index contributed by atoms with van der Waals surface area (Å²) in [5, 5.41) is 0. The molecule has 1 heterocycles. The van der Waals surface area contributed by atoms with Crippen molar-refractivity contribution in [3.05, 3.63) is 52.5 Å². The van der Waals surface area contributed by atoms with Crippen LogP contribution in [0.2, 0.25) is 0 Å². The minimum Gasteiger partial charge on any atom is -0.485 e. The van der Waals surface area contributed by atoms with Gasteiger partial charge in [-0.05, 0) is 44.0 Å². The number of rotatable bonds is 4. The lowest BCUT2D eigenvalue weighted by atomic mass is 10.1. The summed E-state index contributed by atoms with van der Waals surface area (Å²) >= 11 is 0. The molecule has 0 spiro atoms. The van der Waals surface area contributed by atoms with Crippen LogP contribution >= 0.6 is 0 Å². The first-order valence-corrected chi connectivity index (χ1v) is 6.08. The number of nitrogens with two attached hydrogens (primary N) is 1. The minimum absolute atomic E-state index is 0.419. The Bertz CT molecular complexity index is 520. The van der Waals surface area contributed by atoms with Crippen molar-refractivity contribution in [3.8, 4) is 5.75 Å². The van der Waals surface area contributed by atoms with Gasteiger partial charge in [0.2, 0.25) is 0 Å². The summed E-state index contributed by atoms with van der Waals surface area (Å²) in [6.07, 6.45) is 0. The normalized spacial score (nSPS) is 10.7. The predicted molar refractivity (Wildman–Crippen MR) is 71.6 cm³/mol. The fraction of sp³-hybridized carbons (Fsp3) is 0.333. The van der Waals surface area contributed by atoms with E-state index in [4.69, 9.17) is 14.9 Å². The molecule has 1 aromatic heterocycles. The van der Waals surface area contributed by atoms with E-state index < -0.39 is 0 Å². The summed E-state index contributed by atoms with van der Waals surface area (Å²) < 4.78 is 11.3. The Morgan fingerprint density at radius 1 is 1.06 bits per heavy atom. The maximum atomic E-state index is 5.83. The lowest BCUT2D eigenvalue weighted by molar-refractivity contribution is 0.263. The number of hydrogen-bond donors (Lipinski definition) is 1. The van der Waals surface area contributed by atoms with E-state index >= 15 is 0 Å². The molecule has 18 heavy (non-hydrogen) atoms. The summed E-state index contributed by atoms with van der Waals surface area (Å²) in [7, 11) is 0. The number of hydrogen-bond acceptors (Lipinski definition) is 3. The molecule has 0 saturated heterocycles. The van der Waals surface area contributed by atoms with Gasteiger partial charge in [-0.15, -0.1) is 0 Å². The minimum atomic E-state index is 0.419. The molecule has 0 aliphatic heterocycles. The van der Waals surface area contributed by atoms with E-state index in [1.54, 1.807) is 0 Å². The van der Waals surface area contributed by atoms with Crippen molar-refractivity contribution in [1.29, 1.82) is 0 Å². The standard InChI is InChI=1S/C15H19NO2/c1-10-6-11(2)15(12(3)7-10)17-9-14-5-4-13(8-16)18-14/h4-7H,8-9,16H2,1-3H3. The topological polar surface area (TPSA) is 48.4 Å². The van der Waals surface area contributed by atoms with Crippen LogP contribution in [0.5, 0.6) is 5.75 Å². The summed E-state index contributed by atoms with van der Waals surface area (Å²) in [6, 6.07) is 8.03. The molecule has 0 bridgehead atoms. The lowest BCUT2D eigenvalue weighted by Gasteiger charge is -2.12. The molecule has 96 valence electrons. The van der Waals surface area contributed by atoms with Crippen LogP contribution in [0.4, 0.5) is 0 Å². The van der Waals surface area contributed by atoms with Crippen molar-refractivity contribution in [2.75, 3.05) is 0 Å². The maximum absolute atomic E-state index is 5.83. The van der Waals surface area contributed by atoms with Crippen LogP contribution in [-0.2, 0) is 13.2 Å². The van der Waals surface area contributed by atoms with Gasteiger partial charge in [-0.1, -0.05) is 17.7 Å². The monoisotopic (exact) mass is 245 g/mol. The number of benzene rings is 1. The van der Waals surface area contributed by atoms with Gasteiger partial charge >= 0.3 is 0 Å². The van der Waals surface area contributed by atoms with Crippen molar-refractivity contribution in [2.24, 2.45) is 5.73 Å². The summed E-state index contributed by atoms with van der Waals surface area (Å²) in [5.74, 6) is 2.52. The van der Waals surface area contributed by atoms with Gasteiger partial charge < -0.3 is 14.9 Å². The van der Waals surface area contributed by atoms with Crippen LogP contribution in [0, 0.1) is 20.8 Å². The average molecular weight is 245 g/mol. The van der Waals surface area contributed by atoms with Gasteiger partial charge in [-0.25, -0.2) is 0 Å². The van der Waals surface area contributed by atoms with E-state index in [9.17, 15) is 0 Å². The molecule has 0 unspecified atom stereocenters. The molecule has 3 nitrogen and oxygen atoms in total. The van der Waals surface area contributed by atoms with Crippen LogP contribution in [0.1, 0.15) is 28.2 Å². The molecule has 2 rings (SSSR count). The highest BCUT2D eigenvalue weighted by Crippen LogP contribution is 2.25. The molecule has 0 saturated carbocycles. The molecule has 2 N–H and O–H groups in total. The second kappa shape index (κ2) is 5.27. The third kappa shape index (κ3) is 2.74. The first-order chi connectivity index (χ1) is 8.60. The van der Waals surface area contributed by atoms with Crippen LogP contribution in [0.3, 0.4) is 0 Å². The Hall–Kier alpha value is -1.74. The fourth-order valence-corrected chi connectivity index (χ4v) is 2.15. The van der Waals surface area contributed by atoms with Crippen LogP contribution < -0.4 is 10.5 Å². The molecule has 0 radical (unpaired) electrons. The van der Waals surface area contributed by atoms with E-state index in [2.05, 4.69) is 32.9 Å². The quantitative estimate of drug-likeness (QED) is 0.899. The Morgan fingerprint density at radius 3 is 2.22 bits per heavy atom. The third-order valence-electron chi connectivity index (χ3n) is 2.88. The molecule has 0 aliphatic carbocycles. The molecule has 0 aliphatic rings. The van der Waals surface area contributed by atoms with Crippen molar-refractivity contribution < 1.29 is 9.15 Å². The zero-order chi connectivity index (χ0) is 13.1. The average Bonchev–Trinajstić information content (AvgIpc) is 2.75. The van der Waals surface area contributed by atoms with Gasteiger partial charge in [0.25, 0.3) is 0 Å². The first kappa shape index (κ1) is 12.7. The Balaban J connectivity index is 2.10. The highest BCUT2D eigenvalue weighted by molar-refractivity contribution is 5.42. The largest absolute Gasteiger partial charge is 0.485 e. The molecule has 0 atom stereocenters. The van der Waals surface area contributed by atoms with Crippen LogP contribution in [0.25, 0.3) is 0 Å². The zero-order valence-corrected chi connectivity index (χ0v) is 11.1. The maximum Gasteiger partial charge on any atom is 0.146 e. The predicted octanol–water partition coefficient (Wildman–Crippen LogP) is 3.24. The van der Waals surface area contributed by atoms with Crippen molar-refractivity contribution in [2.45, 2.75) is 33.9 Å². The molecule has 2 aromatic rings. The highest BCUT2D eigenvalue weighted by Gasteiger charge is 2.07. The van der Waals surface area contributed by atoms with E-state index in [-0.39, 0.29) is 0 Å². The number of aryl methyl sites for hydroxylation is 3. The van der Waals surface area contributed by atoms with E-state index in [1.165, 1.54) is 5.56 Å². The van der Waals surface area contributed by atoms with Gasteiger partial charge in [-0.2, -0.15) is 0 Å². The number of ether oxygens (including phenoxy) is 1. The second-order valence-corrected chi connectivity index (χ2v) is 4.59. The lowest BCUT2D eigenvalue weighted by Crippen LogP contribution is -1.99. The molecular weight excluding hydrogens is 226 g/mol. The second-order valence-electron chi connectivity index (χ2n) is 4.59. The summed E-state index contributed by atoms with van der Waals surface area (Å²) in [6.45, 7) is 7.06. The SMILES string of the molecule is Cc1cc(C)c(OCc2ccc(CN)o2)c(C)c1. The molecule has 1 aromatic carbocycles. The van der Waals surface area contributed by atoms with Crippen molar-refractivity contribution >= 4 is 0 Å². The van der Waals surface area contributed by atoms with E-state index in [1.807, 2.05) is 12.1 Å². The highest BCUT2D eigenvalue weighted by atomic mass is 16.5. The third-order valence-corrected chi connectivity index (χ3v) is 2.88. The fourth-order valence-electron chi connectivity index (χ4n) is 2.15. The molecule has 3 heteroatoms. The van der Waals surface area contributed by atoms with Crippen LogP contribution in [-0.4, -0.2) is 0 Å². The summed E-state index contributed by atoms with van der Waals surface area (Å²) in [4.78, 5) is 0. The van der Waals surface area contributed by atoms with Gasteiger partial charge in [0.15, 0.2) is 0 Å². The van der Waals surface area contributed by atoms with E-state index in [0.717, 1.165) is 28.4 Å². The van der Waals surface area contributed by atoms with Crippen molar-refractivity contribution in [3.63, 3.8) is 0 Å². The number of furan rings is 1. The van der Waals surface area contributed by atoms with Crippen LogP contribution in [0.15, 0.2) is 28.7 Å². The summed E-state index contributed by atoms with van der Waals surface area (Å²) in [5.41, 5.74) is 9.05. The smallest absolute Gasteiger partial charge is 0.146 e. The molecular formula is C15H19NO2. The van der Waals surface area contributed by atoms with E-state index in [0.29, 0.717) is 13.2 Å². The van der Waals surface area contributed by atoms with Crippen molar-refractivity contribution in [1.82, 2.24) is 0 Å². The molecule has 0 amide bonds. The Labute approximate surface area is 108 Å². The first-order valence-electron chi connectivity index (χ1n) is 6.08. The Kier molecular flexibility index (Phi) is 3.72. The van der Waals surface area contributed by atoms with Gasteiger partial charge in [0.1, 0.15) is 23.9 Å². The molecule has 0 fully saturated rings. The van der Waals surface area contributed by atoms with Gasteiger partial charge in [0.05, 0.1) is 6.54 Å². The van der Waals surface area contributed by atoms with Gasteiger partial charge in [-0.3, -0.25) is 0 Å². The zero-order valence-electron chi connectivity index (χ0n) is 11.1. The van der Waals surface area contributed by atoms with Gasteiger partial charge in [0, 0.05) is 0 Å². The Morgan fingerprint density at radius 2 is 1.67 bits per heavy atom.